The van der Waals surface area contributed by atoms with Crippen molar-refractivity contribution in [2.75, 3.05) is 0 Å². The highest BCUT2D eigenvalue weighted by atomic mass is 19.1. The van der Waals surface area contributed by atoms with Gasteiger partial charge in [-0.25, -0.2) is 4.39 Å². The van der Waals surface area contributed by atoms with Gasteiger partial charge in [0.15, 0.2) is 0 Å². The summed E-state index contributed by atoms with van der Waals surface area (Å²) in [5.74, 6) is -1.18. The van der Waals surface area contributed by atoms with Crippen molar-refractivity contribution in [3.05, 3.63) is 41.3 Å². The second-order valence-corrected chi connectivity index (χ2v) is 4.79. The fourth-order valence-electron chi connectivity index (χ4n) is 2.12. The molecule has 5 heteroatoms. The third-order valence-corrected chi connectivity index (χ3v) is 3.11. The third kappa shape index (κ3) is 3.04. The SMILES string of the molecule is CCCc1cc(-c2ccc(F)c(C)c2)nn1CC(=O)O. The number of hydrogen-bond acceptors (Lipinski definition) is 2. The summed E-state index contributed by atoms with van der Waals surface area (Å²) in [6.07, 6.45) is 1.67. The van der Waals surface area contributed by atoms with Crippen molar-refractivity contribution < 1.29 is 14.3 Å². The molecule has 0 bridgehead atoms. The predicted octanol–water partition coefficient (Wildman–Crippen LogP) is 3.03. The Labute approximate surface area is 116 Å². The molecule has 4 nitrogen and oxygen atoms in total. The van der Waals surface area contributed by atoms with Crippen LogP contribution in [0.25, 0.3) is 11.3 Å². The van der Waals surface area contributed by atoms with Crippen LogP contribution in [0.5, 0.6) is 0 Å². The Morgan fingerprint density at radius 2 is 2.15 bits per heavy atom. The Balaban J connectivity index is 2.40. The van der Waals surface area contributed by atoms with Gasteiger partial charge in [0, 0.05) is 11.3 Å². The molecule has 20 heavy (non-hydrogen) atoms. The van der Waals surface area contributed by atoms with E-state index in [0.29, 0.717) is 11.3 Å². The Morgan fingerprint density at radius 3 is 2.75 bits per heavy atom. The van der Waals surface area contributed by atoms with Crippen LogP contribution in [0.15, 0.2) is 24.3 Å². The maximum atomic E-state index is 13.3. The summed E-state index contributed by atoms with van der Waals surface area (Å²) in [6, 6.07) is 6.66. The van der Waals surface area contributed by atoms with E-state index in [1.807, 2.05) is 13.0 Å². The van der Waals surface area contributed by atoms with E-state index in [-0.39, 0.29) is 12.4 Å². The molecular formula is C15H17FN2O2. The molecule has 1 heterocycles. The standard InChI is InChI=1S/C15H17FN2O2/c1-3-4-12-8-14(17-18(12)9-15(19)20)11-5-6-13(16)10(2)7-11/h5-8H,3-4,9H2,1-2H3,(H,19,20). The lowest BCUT2D eigenvalue weighted by Gasteiger charge is -2.02. The molecule has 106 valence electrons. The van der Waals surface area contributed by atoms with E-state index >= 15 is 0 Å². The number of aromatic nitrogens is 2. The minimum absolute atomic E-state index is 0.157. The molecule has 0 saturated carbocycles. The number of halogens is 1. The highest BCUT2D eigenvalue weighted by Crippen LogP contribution is 2.22. The van der Waals surface area contributed by atoms with Crippen molar-refractivity contribution in [2.45, 2.75) is 33.2 Å². The first-order valence-electron chi connectivity index (χ1n) is 6.56. The van der Waals surface area contributed by atoms with Gasteiger partial charge in [0.05, 0.1) is 5.69 Å². The van der Waals surface area contributed by atoms with Crippen molar-refractivity contribution in [3.8, 4) is 11.3 Å². The van der Waals surface area contributed by atoms with Crippen molar-refractivity contribution in [1.29, 1.82) is 0 Å². The largest absolute Gasteiger partial charge is 0.480 e. The van der Waals surface area contributed by atoms with Crippen LogP contribution < -0.4 is 0 Å². The van der Waals surface area contributed by atoms with Crippen molar-refractivity contribution in [3.63, 3.8) is 0 Å². The highest BCUT2D eigenvalue weighted by Gasteiger charge is 2.12. The van der Waals surface area contributed by atoms with E-state index in [1.165, 1.54) is 10.7 Å². The third-order valence-electron chi connectivity index (χ3n) is 3.11. The van der Waals surface area contributed by atoms with Gasteiger partial charge in [0.1, 0.15) is 12.4 Å². The molecule has 0 aliphatic heterocycles. The molecule has 1 aromatic heterocycles. The summed E-state index contributed by atoms with van der Waals surface area (Å²) in [7, 11) is 0. The number of carboxylic acids is 1. The van der Waals surface area contributed by atoms with Crippen LogP contribution >= 0.6 is 0 Å². The molecule has 0 saturated heterocycles. The molecule has 1 N–H and O–H groups in total. The fraction of sp³-hybridized carbons (Fsp3) is 0.333. The van der Waals surface area contributed by atoms with Crippen LogP contribution in [0.1, 0.15) is 24.6 Å². The quantitative estimate of drug-likeness (QED) is 0.913. The first-order chi connectivity index (χ1) is 9.51. The van der Waals surface area contributed by atoms with E-state index < -0.39 is 5.97 Å². The average molecular weight is 276 g/mol. The van der Waals surface area contributed by atoms with E-state index in [1.54, 1.807) is 19.1 Å². The van der Waals surface area contributed by atoms with Gasteiger partial charge in [-0.1, -0.05) is 13.3 Å². The summed E-state index contributed by atoms with van der Waals surface area (Å²) >= 11 is 0. The summed E-state index contributed by atoms with van der Waals surface area (Å²) in [5.41, 5.74) is 2.90. The molecular weight excluding hydrogens is 259 g/mol. The second-order valence-electron chi connectivity index (χ2n) is 4.79. The van der Waals surface area contributed by atoms with Crippen LogP contribution in [0, 0.1) is 12.7 Å². The monoisotopic (exact) mass is 276 g/mol. The van der Waals surface area contributed by atoms with Gasteiger partial charge >= 0.3 is 5.97 Å². The lowest BCUT2D eigenvalue weighted by Crippen LogP contribution is -2.12. The number of hydrogen-bond donors (Lipinski definition) is 1. The average Bonchev–Trinajstić information content (AvgIpc) is 2.76. The summed E-state index contributed by atoms with van der Waals surface area (Å²) < 4.78 is 14.8. The molecule has 0 radical (unpaired) electrons. The number of carboxylic acid groups (broad SMARTS) is 1. The lowest BCUT2D eigenvalue weighted by molar-refractivity contribution is -0.137. The number of carbonyl (C=O) groups is 1. The van der Waals surface area contributed by atoms with Crippen molar-refractivity contribution in [2.24, 2.45) is 0 Å². The van der Waals surface area contributed by atoms with Crippen molar-refractivity contribution >= 4 is 5.97 Å². The van der Waals surface area contributed by atoms with Crippen LogP contribution in [0.2, 0.25) is 0 Å². The Morgan fingerprint density at radius 1 is 1.40 bits per heavy atom. The van der Waals surface area contributed by atoms with Crippen LogP contribution in [-0.2, 0) is 17.8 Å². The number of benzene rings is 1. The number of aliphatic carboxylic acids is 1. The number of aryl methyl sites for hydroxylation is 2. The van der Waals surface area contributed by atoms with Gasteiger partial charge in [0.25, 0.3) is 0 Å². The van der Waals surface area contributed by atoms with Crippen LogP contribution in [-0.4, -0.2) is 20.9 Å². The molecule has 0 spiro atoms. The highest BCUT2D eigenvalue weighted by molar-refractivity contribution is 5.67. The molecule has 0 amide bonds. The Kier molecular flexibility index (Phi) is 4.17. The second kappa shape index (κ2) is 5.86. The van der Waals surface area contributed by atoms with Crippen LogP contribution in [0.3, 0.4) is 0 Å². The molecule has 0 aliphatic carbocycles. The molecule has 0 fully saturated rings. The molecule has 0 unspecified atom stereocenters. The summed E-state index contributed by atoms with van der Waals surface area (Å²) in [5, 5.41) is 13.2. The zero-order chi connectivity index (χ0) is 14.7. The predicted molar refractivity (Wildman–Crippen MR) is 74.0 cm³/mol. The first kappa shape index (κ1) is 14.2. The molecule has 1 aromatic carbocycles. The van der Waals surface area contributed by atoms with Gasteiger partial charge in [-0.3, -0.25) is 9.48 Å². The lowest BCUT2D eigenvalue weighted by atomic mass is 10.1. The van der Waals surface area contributed by atoms with E-state index in [4.69, 9.17) is 5.11 Å². The minimum atomic E-state index is -0.924. The Hall–Kier alpha value is -2.17. The van der Waals surface area contributed by atoms with E-state index in [0.717, 1.165) is 24.1 Å². The Bertz CT molecular complexity index is 635. The first-order valence-corrected chi connectivity index (χ1v) is 6.56. The van der Waals surface area contributed by atoms with E-state index in [9.17, 15) is 9.18 Å². The number of rotatable bonds is 5. The zero-order valence-electron chi connectivity index (χ0n) is 11.6. The maximum absolute atomic E-state index is 13.3. The van der Waals surface area contributed by atoms with Gasteiger partial charge in [-0.05, 0) is 43.2 Å². The zero-order valence-corrected chi connectivity index (χ0v) is 11.6. The molecule has 2 rings (SSSR count). The molecule has 0 aliphatic rings. The van der Waals surface area contributed by atoms with Gasteiger partial charge in [-0.15, -0.1) is 0 Å². The fourth-order valence-corrected chi connectivity index (χ4v) is 2.12. The van der Waals surface area contributed by atoms with Gasteiger partial charge < -0.3 is 5.11 Å². The summed E-state index contributed by atoms with van der Waals surface area (Å²) in [6.45, 7) is 3.56. The molecule has 2 aromatic rings. The van der Waals surface area contributed by atoms with Gasteiger partial charge in [-0.2, -0.15) is 5.10 Å². The van der Waals surface area contributed by atoms with Crippen molar-refractivity contribution in [1.82, 2.24) is 9.78 Å². The molecule has 0 atom stereocenters. The number of nitrogens with zero attached hydrogens (tertiary/aromatic N) is 2. The minimum Gasteiger partial charge on any atom is -0.480 e. The summed E-state index contributed by atoms with van der Waals surface area (Å²) in [4.78, 5) is 10.9. The van der Waals surface area contributed by atoms with Crippen LogP contribution in [0.4, 0.5) is 4.39 Å². The van der Waals surface area contributed by atoms with Gasteiger partial charge in [0.2, 0.25) is 0 Å². The smallest absolute Gasteiger partial charge is 0.325 e. The maximum Gasteiger partial charge on any atom is 0.325 e. The van der Waals surface area contributed by atoms with E-state index in [2.05, 4.69) is 5.10 Å². The topological polar surface area (TPSA) is 55.1 Å². The normalized spacial score (nSPS) is 10.8.